The van der Waals surface area contributed by atoms with Gasteiger partial charge in [0.05, 0.1) is 18.9 Å². The summed E-state index contributed by atoms with van der Waals surface area (Å²) in [7, 11) is 1.47. The smallest absolute Gasteiger partial charge is 0.355 e. The molecule has 0 saturated heterocycles. The highest BCUT2D eigenvalue weighted by Crippen LogP contribution is 2.31. The number of amides is 1. The van der Waals surface area contributed by atoms with Crippen molar-refractivity contribution in [2.24, 2.45) is 0 Å². The number of benzene rings is 1. The van der Waals surface area contributed by atoms with Gasteiger partial charge in [-0.15, -0.1) is 0 Å². The van der Waals surface area contributed by atoms with Gasteiger partial charge in [0.15, 0.2) is 6.61 Å². The number of anilines is 1. The maximum Gasteiger partial charge on any atom is 0.355 e. The first-order chi connectivity index (χ1) is 12.6. The molecule has 1 aromatic heterocycles. The van der Waals surface area contributed by atoms with Crippen LogP contribution in [0.5, 0.6) is 5.75 Å². The van der Waals surface area contributed by atoms with Crippen molar-refractivity contribution in [2.75, 3.05) is 19.0 Å². The molecule has 1 heterocycles. The average Bonchev–Trinajstić information content (AvgIpc) is 2.90. The Morgan fingerprint density at radius 2 is 1.96 bits per heavy atom. The molecule has 0 spiro atoms. The Bertz CT molecular complexity index is 873. The van der Waals surface area contributed by atoms with Crippen LogP contribution in [0.3, 0.4) is 0 Å². The van der Waals surface area contributed by atoms with Gasteiger partial charge in [0.1, 0.15) is 11.4 Å². The van der Waals surface area contributed by atoms with Crippen molar-refractivity contribution in [3.05, 3.63) is 45.2 Å². The molecule has 1 amide bonds. The van der Waals surface area contributed by atoms with Crippen LogP contribution in [-0.2, 0) is 9.53 Å². The summed E-state index contributed by atoms with van der Waals surface area (Å²) in [6, 6.07) is 3.27. The maximum atomic E-state index is 12.3. The van der Waals surface area contributed by atoms with Crippen LogP contribution in [-0.4, -0.2) is 35.7 Å². The number of ether oxygens (including phenoxy) is 2. The number of carbonyl (C=O) groups excluding carboxylic acids is 2. The fraction of sp³-hybridized carbons (Fsp3) is 0.368. The number of esters is 1. The summed E-state index contributed by atoms with van der Waals surface area (Å²) >= 11 is 6.04. The van der Waals surface area contributed by atoms with E-state index in [0.717, 1.165) is 5.56 Å². The zero-order valence-corrected chi connectivity index (χ0v) is 16.7. The molecule has 0 saturated carbocycles. The van der Waals surface area contributed by atoms with Crippen molar-refractivity contribution in [3.63, 3.8) is 0 Å². The number of aromatic amines is 1. The number of carbonyl (C=O) groups is 2. The zero-order valence-electron chi connectivity index (χ0n) is 15.9. The van der Waals surface area contributed by atoms with Gasteiger partial charge in [-0.3, -0.25) is 4.79 Å². The minimum atomic E-state index is -0.716. The molecule has 2 rings (SSSR count). The Hall–Kier alpha value is -2.51. The maximum absolute atomic E-state index is 12.3. The second-order valence-electron chi connectivity index (χ2n) is 6.27. The van der Waals surface area contributed by atoms with Gasteiger partial charge in [-0.05, 0) is 44.9 Å². The topological polar surface area (TPSA) is 101 Å². The van der Waals surface area contributed by atoms with Gasteiger partial charge in [-0.1, -0.05) is 11.6 Å². The molecule has 0 bridgehead atoms. The first-order valence-corrected chi connectivity index (χ1v) is 8.71. The molecule has 3 N–H and O–H groups in total. The van der Waals surface area contributed by atoms with Gasteiger partial charge in [0.25, 0.3) is 5.91 Å². The molecule has 0 unspecified atom stereocenters. The lowest BCUT2D eigenvalue weighted by Gasteiger charge is -2.12. The average molecular weight is 395 g/mol. The highest BCUT2D eigenvalue weighted by Gasteiger charge is 2.21. The third-order valence-corrected chi connectivity index (χ3v) is 4.61. The monoisotopic (exact) mass is 394 g/mol. The number of nitrogens with one attached hydrogen (secondary N) is 2. The number of rotatable bonds is 6. The predicted octanol–water partition coefficient (Wildman–Crippen LogP) is 3.45. The van der Waals surface area contributed by atoms with Gasteiger partial charge in [-0.2, -0.15) is 0 Å². The number of aliphatic hydroxyl groups excluding tert-OH is 1. The van der Waals surface area contributed by atoms with Crippen LogP contribution < -0.4 is 10.1 Å². The van der Waals surface area contributed by atoms with Crippen LogP contribution in [0.15, 0.2) is 12.1 Å². The Morgan fingerprint density at radius 3 is 2.52 bits per heavy atom. The Labute approximate surface area is 162 Å². The van der Waals surface area contributed by atoms with Crippen LogP contribution in [0.4, 0.5) is 5.69 Å². The molecule has 2 aromatic rings. The molecule has 0 aliphatic heterocycles. The summed E-state index contributed by atoms with van der Waals surface area (Å²) < 4.78 is 10.3. The number of H-pyrrole nitrogens is 1. The molecule has 1 atom stereocenters. The van der Waals surface area contributed by atoms with Crippen molar-refractivity contribution >= 4 is 29.2 Å². The molecule has 7 nitrogen and oxygen atoms in total. The van der Waals surface area contributed by atoms with E-state index in [2.05, 4.69) is 10.3 Å². The van der Waals surface area contributed by atoms with Crippen LogP contribution in [0.25, 0.3) is 0 Å². The van der Waals surface area contributed by atoms with E-state index < -0.39 is 24.6 Å². The first kappa shape index (κ1) is 20.8. The minimum Gasteiger partial charge on any atom is -0.495 e. The van der Waals surface area contributed by atoms with E-state index in [1.807, 2.05) is 0 Å². The number of aliphatic hydroxyl groups is 1. The molecule has 27 heavy (non-hydrogen) atoms. The number of halogens is 1. The van der Waals surface area contributed by atoms with Crippen molar-refractivity contribution < 1.29 is 24.2 Å². The van der Waals surface area contributed by atoms with Gasteiger partial charge < -0.3 is 24.9 Å². The van der Waals surface area contributed by atoms with E-state index in [1.165, 1.54) is 7.11 Å². The molecular formula is C19H23ClN2O5. The van der Waals surface area contributed by atoms with Crippen LogP contribution >= 0.6 is 11.6 Å². The number of aromatic nitrogens is 1. The Kier molecular flexibility index (Phi) is 6.51. The van der Waals surface area contributed by atoms with E-state index in [4.69, 9.17) is 21.1 Å². The second kappa shape index (κ2) is 8.45. The van der Waals surface area contributed by atoms with Crippen molar-refractivity contribution in [1.29, 1.82) is 0 Å². The van der Waals surface area contributed by atoms with Crippen molar-refractivity contribution in [2.45, 2.75) is 33.8 Å². The first-order valence-electron chi connectivity index (χ1n) is 8.33. The zero-order chi connectivity index (χ0) is 20.3. The van der Waals surface area contributed by atoms with Gasteiger partial charge in [-0.25, -0.2) is 4.79 Å². The van der Waals surface area contributed by atoms with E-state index in [1.54, 1.807) is 39.8 Å². The van der Waals surface area contributed by atoms with Crippen molar-refractivity contribution in [1.82, 2.24) is 4.98 Å². The lowest BCUT2D eigenvalue weighted by Crippen LogP contribution is -2.21. The van der Waals surface area contributed by atoms with Crippen LogP contribution in [0.1, 0.15) is 45.9 Å². The van der Waals surface area contributed by atoms with E-state index in [-0.39, 0.29) is 5.69 Å². The summed E-state index contributed by atoms with van der Waals surface area (Å²) in [5.74, 6) is -0.778. The number of aryl methyl sites for hydroxylation is 2. The summed E-state index contributed by atoms with van der Waals surface area (Å²) in [5.41, 5.74) is 3.35. The highest BCUT2D eigenvalue weighted by atomic mass is 35.5. The molecule has 0 aliphatic rings. The summed E-state index contributed by atoms with van der Waals surface area (Å²) in [5, 5.41) is 12.9. The minimum absolute atomic E-state index is 0.219. The fourth-order valence-corrected chi connectivity index (χ4v) is 3.07. The van der Waals surface area contributed by atoms with E-state index in [0.29, 0.717) is 33.3 Å². The van der Waals surface area contributed by atoms with Crippen LogP contribution in [0, 0.1) is 20.8 Å². The SMILES string of the molecule is COc1cc(Cl)c(C)cc1NC(=O)COC(=O)c1[nH]c(C)c([C@@H](C)O)c1C. The largest absolute Gasteiger partial charge is 0.495 e. The normalized spacial score (nSPS) is 11.8. The summed E-state index contributed by atoms with van der Waals surface area (Å²) in [6.45, 7) is 6.42. The quantitative estimate of drug-likeness (QED) is 0.651. The van der Waals surface area contributed by atoms with E-state index in [9.17, 15) is 14.7 Å². The van der Waals surface area contributed by atoms with Crippen LogP contribution in [0.2, 0.25) is 5.02 Å². The fourth-order valence-electron chi connectivity index (χ4n) is 2.91. The Morgan fingerprint density at radius 1 is 1.30 bits per heavy atom. The molecule has 0 aliphatic carbocycles. The molecule has 0 radical (unpaired) electrons. The van der Waals surface area contributed by atoms with E-state index >= 15 is 0 Å². The van der Waals surface area contributed by atoms with Crippen molar-refractivity contribution in [3.8, 4) is 5.75 Å². The third-order valence-electron chi connectivity index (χ3n) is 4.21. The highest BCUT2D eigenvalue weighted by molar-refractivity contribution is 6.31. The molecule has 146 valence electrons. The lowest BCUT2D eigenvalue weighted by molar-refractivity contribution is -0.119. The summed E-state index contributed by atoms with van der Waals surface area (Å²) in [6.07, 6.45) is -0.716. The standard InChI is InChI=1S/C19H23ClN2O5/c1-9-6-14(15(26-5)7-13(9)20)22-16(24)8-27-19(25)18-10(2)17(12(4)23)11(3)21-18/h6-7,12,21,23H,8H2,1-5H3,(H,22,24)/t12-/m1/s1. The van der Waals surface area contributed by atoms with Gasteiger partial charge in [0, 0.05) is 22.3 Å². The number of hydrogen-bond donors (Lipinski definition) is 3. The van der Waals surface area contributed by atoms with Gasteiger partial charge >= 0.3 is 5.97 Å². The second-order valence-corrected chi connectivity index (χ2v) is 6.67. The summed E-state index contributed by atoms with van der Waals surface area (Å²) in [4.78, 5) is 27.3. The Balaban J connectivity index is 2.05. The third kappa shape index (κ3) is 4.61. The van der Waals surface area contributed by atoms with Gasteiger partial charge in [0.2, 0.25) is 0 Å². The molecule has 0 fully saturated rings. The predicted molar refractivity (Wildman–Crippen MR) is 103 cm³/mol. The number of hydrogen-bond acceptors (Lipinski definition) is 5. The molecule has 1 aromatic carbocycles. The molecular weight excluding hydrogens is 372 g/mol. The number of methoxy groups -OCH3 is 1. The lowest BCUT2D eigenvalue weighted by atomic mass is 10.1. The molecule has 8 heteroatoms.